The molecule has 0 atom stereocenters. The number of Topliss-reactive ketones (excluding diaryl/α,β-unsaturated/α-hetero) is 1. The lowest BCUT2D eigenvalue weighted by molar-refractivity contribution is -0.145. The molecular formula is C13H16F3NO. The molecule has 1 aromatic carbocycles. The van der Waals surface area contributed by atoms with Crippen molar-refractivity contribution in [1.29, 1.82) is 0 Å². The molecule has 1 aromatic rings. The molecule has 0 aromatic heterocycles. The molecule has 0 heterocycles. The zero-order chi connectivity index (χ0) is 13.6. The van der Waals surface area contributed by atoms with Crippen LogP contribution in [0.25, 0.3) is 0 Å². The van der Waals surface area contributed by atoms with Crippen molar-refractivity contribution < 1.29 is 18.0 Å². The van der Waals surface area contributed by atoms with Gasteiger partial charge in [0.2, 0.25) is 0 Å². The van der Waals surface area contributed by atoms with Gasteiger partial charge in [0.15, 0.2) is 5.78 Å². The maximum atomic E-state index is 12.2. The number of hydrogen-bond acceptors (Lipinski definition) is 2. The van der Waals surface area contributed by atoms with Crippen molar-refractivity contribution >= 4 is 5.78 Å². The lowest BCUT2D eigenvalue weighted by Crippen LogP contribution is -2.35. The number of hydrogen-bond donors (Lipinski definition) is 0. The normalized spacial score (nSPS) is 11.8. The Balaban J connectivity index is 2.46. The summed E-state index contributed by atoms with van der Waals surface area (Å²) in [5.41, 5.74) is 0.542. The third-order valence-electron chi connectivity index (χ3n) is 2.60. The summed E-state index contributed by atoms with van der Waals surface area (Å²) in [6, 6.07) is 8.60. The number of halogens is 3. The highest BCUT2D eigenvalue weighted by Gasteiger charge is 2.30. The van der Waals surface area contributed by atoms with Crippen molar-refractivity contribution in [2.75, 3.05) is 19.6 Å². The minimum atomic E-state index is -4.22. The Bertz CT molecular complexity index is 376. The molecule has 100 valence electrons. The molecule has 0 fully saturated rings. The van der Waals surface area contributed by atoms with Gasteiger partial charge in [-0.15, -0.1) is 0 Å². The fourth-order valence-electron chi connectivity index (χ4n) is 1.63. The Morgan fingerprint density at radius 3 is 2.33 bits per heavy atom. The first-order chi connectivity index (χ1) is 8.42. The van der Waals surface area contributed by atoms with Crippen LogP contribution >= 0.6 is 0 Å². The highest BCUT2D eigenvalue weighted by atomic mass is 19.4. The Morgan fingerprint density at radius 2 is 1.83 bits per heavy atom. The average Bonchev–Trinajstić information content (AvgIpc) is 2.33. The number of carbonyl (C=O) groups is 1. The molecule has 5 heteroatoms. The Labute approximate surface area is 104 Å². The van der Waals surface area contributed by atoms with Crippen LogP contribution < -0.4 is 0 Å². The molecule has 0 saturated carbocycles. The molecule has 2 nitrogen and oxygen atoms in total. The Morgan fingerprint density at radius 1 is 1.22 bits per heavy atom. The fraction of sp³-hybridized carbons (Fsp3) is 0.462. The first-order valence-corrected chi connectivity index (χ1v) is 5.79. The standard InChI is InChI=1S/C13H16F3NO/c1-2-17(10-13(14,15)16)9-8-12(18)11-6-4-3-5-7-11/h3-7H,2,8-10H2,1H3. The second-order valence-electron chi connectivity index (χ2n) is 4.02. The van der Waals surface area contributed by atoms with Gasteiger partial charge in [-0.1, -0.05) is 37.3 Å². The van der Waals surface area contributed by atoms with Crippen LogP contribution in [-0.2, 0) is 0 Å². The first kappa shape index (κ1) is 14.7. The summed E-state index contributed by atoms with van der Waals surface area (Å²) < 4.78 is 36.6. The van der Waals surface area contributed by atoms with Gasteiger partial charge >= 0.3 is 6.18 Å². The molecule has 0 spiro atoms. The van der Waals surface area contributed by atoms with Crippen molar-refractivity contribution in [2.45, 2.75) is 19.5 Å². The van der Waals surface area contributed by atoms with Crippen LogP contribution in [0.2, 0.25) is 0 Å². The van der Waals surface area contributed by atoms with E-state index in [0.29, 0.717) is 5.56 Å². The minimum Gasteiger partial charge on any atom is -0.295 e. The number of rotatable bonds is 6. The molecule has 0 aliphatic heterocycles. The van der Waals surface area contributed by atoms with E-state index in [1.165, 1.54) is 4.90 Å². The van der Waals surface area contributed by atoms with Crippen molar-refractivity contribution in [2.24, 2.45) is 0 Å². The molecule has 18 heavy (non-hydrogen) atoms. The molecule has 1 rings (SSSR count). The summed E-state index contributed by atoms with van der Waals surface area (Å²) in [4.78, 5) is 12.9. The summed E-state index contributed by atoms with van der Waals surface area (Å²) in [5, 5.41) is 0. The van der Waals surface area contributed by atoms with E-state index in [9.17, 15) is 18.0 Å². The van der Waals surface area contributed by atoms with Gasteiger partial charge in [0.25, 0.3) is 0 Å². The summed E-state index contributed by atoms with van der Waals surface area (Å²) in [6.07, 6.45) is -4.11. The van der Waals surface area contributed by atoms with Gasteiger partial charge in [-0.3, -0.25) is 9.69 Å². The minimum absolute atomic E-state index is 0.105. The molecule has 0 saturated heterocycles. The number of benzene rings is 1. The van der Waals surface area contributed by atoms with E-state index in [-0.39, 0.29) is 25.3 Å². The number of alkyl halides is 3. The molecule has 0 unspecified atom stereocenters. The number of nitrogens with zero attached hydrogens (tertiary/aromatic N) is 1. The van der Waals surface area contributed by atoms with E-state index in [2.05, 4.69) is 0 Å². The second kappa shape index (κ2) is 6.54. The quantitative estimate of drug-likeness (QED) is 0.731. The lowest BCUT2D eigenvalue weighted by atomic mass is 10.1. The molecule has 0 bridgehead atoms. The largest absolute Gasteiger partial charge is 0.401 e. The molecule has 0 radical (unpaired) electrons. The highest BCUT2D eigenvalue weighted by molar-refractivity contribution is 5.96. The van der Waals surface area contributed by atoms with Crippen LogP contribution in [0.3, 0.4) is 0 Å². The second-order valence-corrected chi connectivity index (χ2v) is 4.02. The van der Waals surface area contributed by atoms with E-state index in [1.54, 1.807) is 37.3 Å². The summed E-state index contributed by atoms with van der Waals surface area (Å²) >= 11 is 0. The summed E-state index contributed by atoms with van der Waals surface area (Å²) in [7, 11) is 0. The van der Waals surface area contributed by atoms with E-state index >= 15 is 0 Å². The topological polar surface area (TPSA) is 20.3 Å². The van der Waals surface area contributed by atoms with Crippen LogP contribution in [0.5, 0.6) is 0 Å². The predicted octanol–water partition coefficient (Wildman–Crippen LogP) is 3.14. The molecular weight excluding hydrogens is 243 g/mol. The first-order valence-electron chi connectivity index (χ1n) is 5.79. The van der Waals surface area contributed by atoms with Crippen LogP contribution in [0, 0.1) is 0 Å². The number of carbonyl (C=O) groups excluding carboxylic acids is 1. The monoisotopic (exact) mass is 259 g/mol. The van der Waals surface area contributed by atoms with Crippen LogP contribution in [-0.4, -0.2) is 36.5 Å². The van der Waals surface area contributed by atoms with Gasteiger partial charge in [0.05, 0.1) is 6.54 Å². The summed E-state index contributed by atoms with van der Waals surface area (Å²) in [5.74, 6) is -0.128. The third kappa shape index (κ3) is 5.31. The van der Waals surface area contributed by atoms with E-state index in [0.717, 1.165) is 0 Å². The van der Waals surface area contributed by atoms with E-state index in [4.69, 9.17) is 0 Å². The predicted molar refractivity (Wildman–Crippen MR) is 63.6 cm³/mol. The SMILES string of the molecule is CCN(CCC(=O)c1ccccc1)CC(F)(F)F. The van der Waals surface area contributed by atoms with Crippen molar-refractivity contribution in [3.8, 4) is 0 Å². The van der Waals surface area contributed by atoms with Gasteiger partial charge in [-0.2, -0.15) is 13.2 Å². The van der Waals surface area contributed by atoms with E-state index in [1.807, 2.05) is 0 Å². The maximum Gasteiger partial charge on any atom is 0.401 e. The van der Waals surface area contributed by atoms with Crippen molar-refractivity contribution in [1.82, 2.24) is 4.90 Å². The van der Waals surface area contributed by atoms with Crippen LogP contribution in [0.4, 0.5) is 13.2 Å². The van der Waals surface area contributed by atoms with Crippen LogP contribution in [0.1, 0.15) is 23.7 Å². The Kier molecular flexibility index (Phi) is 5.34. The van der Waals surface area contributed by atoms with Crippen LogP contribution in [0.15, 0.2) is 30.3 Å². The maximum absolute atomic E-state index is 12.2. The van der Waals surface area contributed by atoms with Gasteiger partial charge in [0, 0.05) is 18.5 Å². The molecule has 0 aliphatic carbocycles. The van der Waals surface area contributed by atoms with Crippen molar-refractivity contribution in [3.05, 3.63) is 35.9 Å². The van der Waals surface area contributed by atoms with E-state index < -0.39 is 12.7 Å². The van der Waals surface area contributed by atoms with Gasteiger partial charge < -0.3 is 0 Å². The Hall–Kier alpha value is -1.36. The van der Waals surface area contributed by atoms with Gasteiger partial charge in [-0.25, -0.2) is 0 Å². The van der Waals surface area contributed by atoms with Gasteiger partial charge in [0.1, 0.15) is 0 Å². The number of ketones is 1. The highest BCUT2D eigenvalue weighted by Crippen LogP contribution is 2.16. The van der Waals surface area contributed by atoms with Crippen molar-refractivity contribution in [3.63, 3.8) is 0 Å². The molecule has 0 amide bonds. The van der Waals surface area contributed by atoms with Gasteiger partial charge in [-0.05, 0) is 6.54 Å². The zero-order valence-corrected chi connectivity index (χ0v) is 10.2. The summed E-state index contributed by atoms with van der Waals surface area (Å²) in [6.45, 7) is 1.09. The zero-order valence-electron chi connectivity index (χ0n) is 10.2. The fourth-order valence-corrected chi connectivity index (χ4v) is 1.63. The average molecular weight is 259 g/mol. The smallest absolute Gasteiger partial charge is 0.295 e. The molecule has 0 aliphatic rings. The molecule has 0 N–H and O–H groups in total. The third-order valence-corrected chi connectivity index (χ3v) is 2.60. The lowest BCUT2D eigenvalue weighted by Gasteiger charge is -2.21.